The topological polar surface area (TPSA) is 35.5 Å². The Morgan fingerprint density at radius 2 is 2.07 bits per heavy atom. The zero-order chi connectivity index (χ0) is 11.0. The van der Waals surface area contributed by atoms with Crippen molar-refractivity contribution in [2.24, 2.45) is 5.92 Å². The molecule has 14 heavy (non-hydrogen) atoms. The minimum Gasteiger partial charge on any atom is -0.478 e. The average molecular weight is 236 g/mol. The van der Waals surface area contributed by atoms with Gasteiger partial charge in [0.2, 0.25) is 4.38 Å². The second-order valence-corrected chi connectivity index (χ2v) is 4.60. The van der Waals surface area contributed by atoms with E-state index in [2.05, 4.69) is 13.8 Å². The Kier molecular flexibility index (Phi) is 7.89. The first-order valence-electron chi connectivity index (χ1n) is 4.57. The standard InChI is InChI=1S/C9H16O3S2/c1-4-11-9(13)14-8(10)12-6-5-7(2)3/h7H,4-6H2,1-3H3. The van der Waals surface area contributed by atoms with Crippen molar-refractivity contribution in [1.29, 1.82) is 0 Å². The molecule has 82 valence electrons. The van der Waals surface area contributed by atoms with Crippen molar-refractivity contribution >= 4 is 33.7 Å². The molecule has 0 saturated heterocycles. The Balaban J connectivity index is 3.50. The van der Waals surface area contributed by atoms with Crippen LogP contribution in [-0.2, 0) is 9.47 Å². The lowest BCUT2D eigenvalue weighted by molar-refractivity contribution is 0.169. The summed E-state index contributed by atoms with van der Waals surface area (Å²) in [6, 6.07) is 0. The van der Waals surface area contributed by atoms with Gasteiger partial charge in [-0.2, -0.15) is 0 Å². The van der Waals surface area contributed by atoms with Gasteiger partial charge in [-0.1, -0.05) is 13.8 Å². The van der Waals surface area contributed by atoms with E-state index in [0.717, 1.165) is 18.2 Å². The largest absolute Gasteiger partial charge is 0.478 e. The monoisotopic (exact) mass is 236 g/mol. The predicted octanol–water partition coefficient (Wildman–Crippen LogP) is 3.22. The van der Waals surface area contributed by atoms with E-state index in [-0.39, 0.29) is 9.68 Å². The molecule has 0 saturated carbocycles. The molecule has 0 radical (unpaired) electrons. The second kappa shape index (κ2) is 8.05. The number of carbonyl (C=O) groups excluding carboxylic acids is 1. The van der Waals surface area contributed by atoms with Crippen LogP contribution in [0.4, 0.5) is 4.79 Å². The fourth-order valence-electron chi connectivity index (χ4n) is 0.623. The minimum atomic E-state index is -0.385. The molecule has 0 amide bonds. The Bertz CT molecular complexity index is 192. The lowest BCUT2D eigenvalue weighted by Gasteiger charge is -2.06. The van der Waals surface area contributed by atoms with E-state index in [9.17, 15) is 4.79 Å². The molecule has 0 unspecified atom stereocenters. The van der Waals surface area contributed by atoms with Gasteiger partial charge in [-0.3, -0.25) is 0 Å². The highest BCUT2D eigenvalue weighted by Crippen LogP contribution is 2.10. The van der Waals surface area contributed by atoms with Crippen molar-refractivity contribution in [3.8, 4) is 0 Å². The maximum absolute atomic E-state index is 11.1. The third-order valence-electron chi connectivity index (χ3n) is 1.34. The van der Waals surface area contributed by atoms with Gasteiger partial charge in [0.1, 0.15) is 0 Å². The van der Waals surface area contributed by atoms with Gasteiger partial charge in [-0.25, -0.2) is 4.79 Å². The summed E-state index contributed by atoms with van der Waals surface area (Å²) in [5.74, 6) is 0.534. The molecule has 0 aromatic carbocycles. The molecule has 0 heterocycles. The van der Waals surface area contributed by atoms with Gasteiger partial charge in [0, 0.05) is 11.8 Å². The maximum Gasteiger partial charge on any atom is 0.375 e. The van der Waals surface area contributed by atoms with E-state index in [1.54, 1.807) is 0 Å². The quantitative estimate of drug-likeness (QED) is 0.553. The summed E-state index contributed by atoms with van der Waals surface area (Å²) in [5.41, 5.74) is 0. The van der Waals surface area contributed by atoms with Crippen molar-refractivity contribution in [3.63, 3.8) is 0 Å². The molecule has 0 aromatic heterocycles. The zero-order valence-corrected chi connectivity index (χ0v) is 10.4. The van der Waals surface area contributed by atoms with Gasteiger partial charge in [-0.15, -0.1) is 0 Å². The van der Waals surface area contributed by atoms with Crippen LogP contribution < -0.4 is 0 Å². The molecule has 0 N–H and O–H groups in total. The van der Waals surface area contributed by atoms with E-state index in [4.69, 9.17) is 21.7 Å². The van der Waals surface area contributed by atoms with Crippen molar-refractivity contribution in [2.45, 2.75) is 27.2 Å². The first-order valence-corrected chi connectivity index (χ1v) is 5.80. The highest BCUT2D eigenvalue weighted by atomic mass is 32.2. The molecular weight excluding hydrogens is 220 g/mol. The van der Waals surface area contributed by atoms with Gasteiger partial charge < -0.3 is 9.47 Å². The van der Waals surface area contributed by atoms with Gasteiger partial charge in [0.05, 0.1) is 13.2 Å². The molecule has 0 aromatic rings. The predicted molar refractivity (Wildman–Crippen MR) is 62.6 cm³/mol. The van der Waals surface area contributed by atoms with E-state index in [0.29, 0.717) is 19.1 Å². The van der Waals surface area contributed by atoms with Crippen LogP contribution in [0.15, 0.2) is 0 Å². The molecule has 0 spiro atoms. The fourth-order valence-corrected chi connectivity index (χ4v) is 1.40. The summed E-state index contributed by atoms with van der Waals surface area (Å²) in [5, 5.41) is -0.385. The lowest BCUT2D eigenvalue weighted by atomic mass is 10.1. The van der Waals surface area contributed by atoms with Crippen molar-refractivity contribution in [2.75, 3.05) is 13.2 Å². The summed E-state index contributed by atoms with van der Waals surface area (Å²) in [6.45, 7) is 6.89. The Hall–Kier alpha value is -0.290. The number of rotatable bonds is 4. The molecule has 0 rings (SSSR count). The van der Waals surface area contributed by atoms with Gasteiger partial charge in [-0.05, 0) is 31.5 Å². The highest BCUT2D eigenvalue weighted by molar-refractivity contribution is 8.32. The average Bonchev–Trinajstić information content (AvgIpc) is 2.03. The number of hydrogen-bond acceptors (Lipinski definition) is 5. The van der Waals surface area contributed by atoms with Gasteiger partial charge >= 0.3 is 5.30 Å². The summed E-state index contributed by atoms with van der Waals surface area (Å²) >= 11 is 5.60. The zero-order valence-electron chi connectivity index (χ0n) is 8.74. The first kappa shape index (κ1) is 13.7. The van der Waals surface area contributed by atoms with Crippen LogP contribution in [0.1, 0.15) is 27.2 Å². The third-order valence-corrected chi connectivity index (χ3v) is 2.28. The first-order chi connectivity index (χ1) is 6.56. The van der Waals surface area contributed by atoms with Crippen LogP contribution in [0.3, 0.4) is 0 Å². The lowest BCUT2D eigenvalue weighted by Crippen LogP contribution is -2.06. The van der Waals surface area contributed by atoms with E-state index < -0.39 is 0 Å². The second-order valence-electron chi connectivity index (χ2n) is 3.07. The smallest absolute Gasteiger partial charge is 0.375 e. The minimum absolute atomic E-state index is 0.224. The van der Waals surface area contributed by atoms with Crippen LogP contribution in [0.2, 0.25) is 0 Å². The molecule has 0 aliphatic rings. The molecule has 0 atom stereocenters. The maximum atomic E-state index is 11.1. The van der Waals surface area contributed by atoms with Crippen LogP contribution >= 0.6 is 24.0 Å². The van der Waals surface area contributed by atoms with Crippen LogP contribution in [-0.4, -0.2) is 22.9 Å². The van der Waals surface area contributed by atoms with E-state index in [1.165, 1.54) is 0 Å². The van der Waals surface area contributed by atoms with Gasteiger partial charge in [0.25, 0.3) is 0 Å². The van der Waals surface area contributed by atoms with Gasteiger partial charge in [0.15, 0.2) is 0 Å². The van der Waals surface area contributed by atoms with Crippen molar-refractivity contribution in [1.82, 2.24) is 0 Å². The Labute approximate surface area is 94.5 Å². The summed E-state index contributed by atoms with van der Waals surface area (Å²) in [7, 11) is 0. The molecular formula is C9H16O3S2. The molecule has 0 aliphatic carbocycles. The van der Waals surface area contributed by atoms with Crippen LogP contribution in [0.25, 0.3) is 0 Å². The molecule has 3 nitrogen and oxygen atoms in total. The Morgan fingerprint density at radius 3 is 2.57 bits per heavy atom. The number of thiocarbonyl (C=S) groups is 1. The molecule has 0 bridgehead atoms. The van der Waals surface area contributed by atoms with Crippen molar-refractivity contribution in [3.05, 3.63) is 0 Å². The highest BCUT2D eigenvalue weighted by Gasteiger charge is 2.09. The third kappa shape index (κ3) is 8.31. The van der Waals surface area contributed by atoms with E-state index in [1.807, 2.05) is 6.92 Å². The van der Waals surface area contributed by atoms with Crippen molar-refractivity contribution < 1.29 is 14.3 Å². The molecule has 0 aliphatic heterocycles. The number of carbonyl (C=O) groups is 1. The Morgan fingerprint density at radius 1 is 1.43 bits per heavy atom. The summed E-state index contributed by atoms with van der Waals surface area (Å²) in [6.07, 6.45) is 0.869. The SMILES string of the molecule is CCOC(=S)SC(=O)OCCC(C)C. The summed E-state index contributed by atoms with van der Waals surface area (Å²) < 4.78 is 10.1. The number of thioether (sulfide) groups is 1. The normalized spacial score (nSPS) is 10.0. The van der Waals surface area contributed by atoms with E-state index >= 15 is 0 Å². The number of ether oxygens (including phenoxy) is 2. The molecule has 0 fully saturated rings. The fraction of sp³-hybridized carbons (Fsp3) is 0.778. The van der Waals surface area contributed by atoms with Crippen LogP contribution in [0, 0.1) is 5.92 Å². The number of hydrogen-bond donors (Lipinski definition) is 0. The van der Waals surface area contributed by atoms with Crippen LogP contribution in [0.5, 0.6) is 0 Å². The molecule has 5 heteroatoms. The summed E-state index contributed by atoms with van der Waals surface area (Å²) in [4.78, 5) is 11.1.